The fraction of sp³-hybridized carbons (Fsp3) is 0.818. The number of aryl methyl sites for hydroxylation is 2. The SMILES string of the molecule is CCCn1nncc1CCC(N)C(C)C. The minimum atomic E-state index is 0.273. The van der Waals surface area contributed by atoms with Crippen LogP contribution >= 0.6 is 0 Å². The van der Waals surface area contributed by atoms with E-state index in [-0.39, 0.29) is 6.04 Å². The van der Waals surface area contributed by atoms with E-state index in [2.05, 4.69) is 31.1 Å². The minimum Gasteiger partial charge on any atom is -0.327 e. The molecule has 0 aromatic carbocycles. The van der Waals surface area contributed by atoms with Gasteiger partial charge in [-0.2, -0.15) is 0 Å². The Morgan fingerprint density at radius 2 is 2.20 bits per heavy atom. The van der Waals surface area contributed by atoms with Crippen molar-refractivity contribution < 1.29 is 0 Å². The Balaban J connectivity index is 2.46. The maximum atomic E-state index is 6.01. The first-order valence-corrected chi connectivity index (χ1v) is 5.78. The molecule has 0 fully saturated rings. The van der Waals surface area contributed by atoms with Crippen molar-refractivity contribution in [3.8, 4) is 0 Å². The Morgan fingerprint density at radius 1 is 1.47 bits per heavy atom. The standard InChI is InChI=1S/C11H22N4/c1-4-7-15-10(8-13-14-15)5-6-11(12)9(2)3/h8-9,11H,4-7,12H2,1-3H3. The largest absolute Gasteiger partial charge is 0.327 e. The molecule has 1 rings (SSSR count). The molecule has 0 aliphatic rings. The van der Waals surface area contributed by atoms with Gasteiger partial charge in [0.15, 0.2) is 0 Å². The number of aromatic nitrogens is 3. The van der Waals surface area contributed by atoms with Gasteiger partial charge in [-0.3, -0.25) is 0 Å². The van der Waals surface area contributed by atoms with Crippen LogP contribution in [-0.2, 0) is 13.0 Å². The van der Waals surface area contributed by atoms with Crippen molar-refractivity contribution in [1.29, 1.82) is 0 Å². The van der Waals surface area contributed by atoms with Gasteiger partial charge in [-0.15, -0.1) is 5.10 Å². The molecule has 0 aliphatic carbocycles. The van der Waals surface area contributed by atoms with Gasteiger partial charge in [-0.05, 0) is 25.2 Å². The molecular weight excluding hydrogens is 188 g/mol. The Morgan fingerprint density at radius 3 is 2.80 bits per heavy atom. The second-order valence-corrected chi connectivity index (χ2v) is 4.40. The fourth-order valence-electron chi connectivity index (χ4n) is 1.52. The van der Waals surface area contributed by atoms with Crippen LogP contribution in [0.2, 0.25) is 0 Å². The average Bonchev–Trinajstić information content (AvgIpc) is 2.62. The molecular formula is C11H22N4. The quantitative estimate of drug-likeness (QED) is 0.776. The third kappa shape index (κ3) is 3.63. The van der Waals surface area contributed by atoms with E-state index in [1.165, 1.54) is 5.69 Å². The molecule has 1 aromatic heterocycles. The molecule has 0 amide bonds. The van der Waals surface area contributed by atoms with Crippen LogP contribution in [-0.4, -0.2) is 21.0 Å². The Bertz CT molecular complexity index is 280. The molecule has 0 spiro atoms. The molecule has 0 aliphatic heterocycles. The van der Waals surface area contributed by atoms with E-state index < -0.39 is 0 Å². The zero-order valence-electron chi connectivity index (χ0n) is 9.98. The molecule has 0 saturated carbocycles. The van der Waals surface area contributed by atoms with Crippen LogP contribution in [0.4, 0.5) is 0 Å². The first-order chi connectivity index (χ1) is 7.15. The van der Waals surface area contributed by atoms with Crippen molar-refractivity contribution in [2.75, 3.05) is 0 Å². The number of hydrogen-bond acceptors (Lipinski definition) is 3. The third-order valence-electron chi connectivity index (χ3n) is 2.72. The van der Waals surface area contributed by atoms with E-state index in [1.807, 2.05) is 10.9 Å². The van der Waals surface area contributed by atoms with Crippen LogP contribution in [0.15, 0.2) is 6.20 Å². The first kappa shape index (κ1) is 12.2. The third-order valence-corrected chi connectivity index (χ3v) is 2.72. The molecule has 1 heterocycles. The summed E-state index contributed by atoms with van der Waals surface area (Å²) in [6, 6.07) is 0.273. The molecule has 15 heavy (non-hydrogen) atoms. The average molecular weight is 210 g/mol. The van der Waals surface area contributed by atoms with E-state index in [4.69, 9.17) is 5.73 Å². The summed E-state index contributed by atoms with van der Waals surface area (Å²) < 4.78 is 1.98. The van der Waals surface area contributed by atoms with Crippen molar-refractivity contribution in [1.82, 2.24) is 15.0 Å². The zero-order chi connectivity index (χ0) is 11.3. The number of rotatable bonds is 6. The number of hydrogen-bond donors (Lipinski definition) is 1. The van der Waals surface area contributed by atoms with Crippen LogP contribution in [0.3, 0.4) is 0 Å². The highest BCUT2D eigenvalue weighted by Gasteiger charge is 2.09. The van der Waals surface area contributed by atoms with Crippen molar-refractivity contribution in [2.45, 2.75) is 52.6 Å². The molecule has 0 saturated heterocycles. The molecule has 2 N–H and O–H groups in total. The van der Waals surface area contributed by atoms with Crippen molar-refractivity contribution in [2.24, 2.45) is 11.7 Å². The summed E-state index contributed by atoms with van der Waals surface area (Å²) in [5.74, 6) is 0.542. The van der Waals surface area contributed by atoms with Crippen LogP contribution in [0, 0.1) is 5.92 Å². The topological polar surface area (TPSA) is 56.7 Å². The van der Waals surface area contributed by atoms with Gasteiger partial charge >= 0.3 is 0 Å². The maximum absolute atomic E-state index is 6.01. The Kier molecular flexibility index (Phi) is 4.75. The van der Waals surface area contributed by atoms with Gasteiger partial charge in [-0.1, -0.05) is 26.0 Å². The lowest BCUT2D eigenvalue weighted by atomic mass is 10.00. The van der Waals surface area contributed by atoms with E-state index in [0.29, 0.717) is 5.92 Å². The summed E-state index contributed by atoms with van der Waals surface area (Å²) in [6.45, 7) is 7.41. The monoisotopic (exact) mass is 210 g/mol. The second-order valence-electron chi connectivity index (χ2n) is 4.40. The molecule has 1 atom stereocenters. The second kappa shape index (κ2) is 5.85. The van der Waals surface area contributed by atoms with Crippen molar-refractivity contribution in [3.05, 3.63) is 11.9 Å². The molecule has 0 bridgehead atoms. The van der Waals surface area contributed by atoms with E-state index in [0.717, 1.165) is 25.8 Å². The van der Waals surface area contributed by atoms with Gasteiger partial charge in [0, 0.05) is 12.6 Å². The molecule has 86 valence electrons. The van der Waals surface area contributed by atoms with Crippen LogP contribution in [0.25, 0.3) is 0 Å². The zero-order valence-corrected chi connectivity index (χ0v) is 9.98. The molecule has 1 unspecified atom stereocenters. The highest BCUT2D eigenvalue weighted by Crippen LogP contribution is 2.08. The lowest BCUT2D eigenvalue weighted by molar-refractivity contribution is 0.453. The molecule has 1 aromatic rings. The predicted molar refractivity (Wildman–Crippen MR) is 61.4 cm³/mol. The van der Waals surface area contributed by atoms with Crippen molar-refractivity contribution in [3.63, 3.8) is 0 Å². The molecule has 0 radical (unpaired) electrons. The first-order valence-electron chi connectivity index (χ1n) is 5.78. The summed E-state index contributed by atoms with van der Waals surface area (Å²) in [5.41, 5.74) is 7.21. The van der Waals surface area contributed by atoms with Gasteiger partial charge in [0.2, 0.25) is 0 Å². The number of nitrogens with two attached hydrogens (primary N) is 1. The summed E-state index contributed by atoms with van der Waals surface area (Å²) in [7, 11) is 0. The van der Waals surface area contributed by atoms with Crippen molar-refractivity contribution >= 4 is 0 Å². The van der Waals surface area contributed by atoms with E-state index >= 15 is 0 Å². The maximum Gasteiger partial charge on any atom is 0.0725 e. The summed E-state index contributed by atoms with van der Waals surface area (Å²) >= 11 is 0. The highest BCUT2D eigenvalue weighted by atomic mass is 15.4. The number of nitrogens with zero attached hydrogens (tertiary/aromatic N) is 3. The van der Waals surface area contributed by atoms with Gasteiger partial charge in [-0.25, -0.2) is 4.68 Å². The fourth-order valence-corrected chi connectivity index (χ4v) is 1.52. The normalized spacial score (nSPS) is 13.4. The summed E-state index contributed by atoms with van der Waals surface area (Å²) in [5, 5.41) is 7.99. The van der Waals surface area contributed by atoms with E-state index in [9.17, 15) is 0 Å². The lowest BCUT2D eigenvalue weighted by Gasteiger charge is -2.15. The summed E-state index contributed by atoms with van der Waals surface area (Å²) in [6.07, 6.45) is 4.93. The Hall–Kier alpha value is -0.900. The Labute approximate surface area is 91.9 Å². The van der Waals surface area contributed by atoms with Gasteiger partial charge < -0.3 is 5.73 Å². The molecule has 4 heteroatoms. The van der Waals surface area contributed by atoms with Gasteiger partial charge in [0.25, 0.3) is 0 Å². The van der Waals surface area contributed by atoms with Crippen LogP contribution in [0.1, 0.15) is 39.3 Å². The molecule has 4 nitrogen and oxygen atoms in total. The predicted octanol–water partition coefficient (Wildman–Crippen LogP) is 1.60. The summed E-state index contributed by atoms with van der Waals surface area (Å²) in [4.78, 5) is 0. The van der Waals surface area contributed by atoms with Crippen LogP contribution in [0.5, 0.6) is 0 Å². The minimum absolute atomic E-state index is 0.273. The van der Waals surface area contributed by atoms with Gasteiger partial charge in [0.1, 0.15) is 0 Å². The van der Waals surface area contributed by atoms with Crippen LogP contribution < -0.4 is 5.73 Å². The highest BCUT2D eigenvalue weighted by molar-refractivity contribution is 4.95. The van der Waals surface area contributed by atoms with E-state index in [1.54, 1.807) is 0 Å². The smallest absolute Gasteiger partial charge is 0.0725 e. The lowest BCUT2D eigenvalue weighted by Crippen LogP contribution is -2.27. The van der Waals surface area contributed by atoms with Gasteiger partial charge in [0.05, 0.1) is 11.9 Å².